The van der Waals surface area contributed by atoms with Gasteiger partial charge in [-0.05, 0) is 0 Å². The zero-order chi connectivity index (χ0) is 13.5. The molecule has 1 aromatic rings. The van der Waals surface area contributed by atoms with E-state index in [2.05, 4.69) is 10.2 Å². The average Bonchev–Trinajstić information content (AvgIpc) is 2.81. The van der Waals surface area contributed by atoms with Crippen molar-refractivity contribution in [3.8, 4) is 0 Å². The van der Waals surface area contributed by atoms with Gasteiger partial charge in [0.05, 0.1) is 6.10 Å². The molecule has 1 aliphatic heterocycles. The number of hydrogen-bond donors (Lipinski definition) is 2. The number of aliphatic hydroxyl groups is 1. The topological polar surface area (TPSA) is 86.5 Å². The minimum Gasteiger partial charge on any atom is -0.480 e. The summed E-state index contributed by atoms with van der Waals surface area (Å²) in [5.74, 6) is -1.21. The fraction of sp³-hybridized carbons (Fsp3) is 0.625. The molecule has 2 N–H and O–H groups in total. The van der Waals surface area contributed by atoms with Gasteiger partial charge >= 0.3 is 12.1 Å². The van der Waals surface area contributed by atoms with Crippen LogP contribution in [0.1, 0.15) is 11.4 Å². The van der Waals surface area contributed by atoms with E-state index < -0.39 is 29.3 Å². The third-order valence-electron chi connectivity index (χ3n) is 2.47. The van der Waals surface area contributed by atoms with Gasteiger partial charge < -0.3 is 15.1 Å². The summed E-state index contributed by atoms with van der Waals surface area (Å²) in [5, 5.41) is 23.3. The van der Waals surface area contributed by atoms with Crippen LogP contribution >= 0.6 is 11.3 Å². The summed E-state index contributed by atoms with van der Waals surface area (Å²) >= 11 is 0.265. The smallest absolute Gasteiger partial charge is 0.445 e. The molecule has 18 heavy (non-hydrogen) atoms. The van der Waals surface area contributed by atoms with Gasteiger partial charge in [-0.25, -0.2) is 4.79 Å². The molecule has 2 unspecified atom stereocenters. The van der Waals surface area contributed by atoms with Gasteiger partial charge in [0.2, 0.25) is 10.1 Å². The summed E-state index contributed by atoms with van der Waals surface area (Å²) in [6, 6.07) is -1.07. The molecule has 0 spiro atoms. The zero-order valence-electron chi connectivity index (χ0n) is 8.76. The Morgan fingerprint density at radius 1 is 1.44 bits per heavy atom. The van der Waals surface area contributed by atoms with E-state index in [1.54, 1.807) is 0 Å². The number of hydrogen-bond acceptors (Lipinski definition) is 6. The fourth-order valence-electron chi connectivity index (χ4n) is 1.71. The Hall–Kier alpha value is -1.42. The molecule has 6 nitrogen and oxygen atoms in total. The van der Waals surface area contributed by atoms with Gasteiger partial charge in [-0.15, -0.1) is 10.2 Å². The molecule has 0 saturated carbocycles. The van der Waals surface area contributed by atoms with Crippen LogP contribution in [0, 0.1) is 0 Å². The third kappa shape index (κ3) is 2.38. The number of carbonyl (C=O) groups is 1. The van der Waals surface area contributed by atoms with Crippen LogP contribution in [0.25, 0.3) is 0 Å². The number of β-amino-alcohol motifs (C(OH)–C–C–N with tert-alkyl or cyclic N) is 1. The summed E-state index contributed by atoms with van der Waals surface area (Å²) in [5.41, 5.74) is 0. The van der Waals surface area contributed by atoms with Crippen molar-refractivity contribution in [3.05, 3.63) is 5.01 Å². The van der Waals surface area contributed by atoms with Crippen molar-refractivity contribution in [1.29, 1.82) is 0 Å². The molecule has 2 rings (SSSR count). The Morgan fingerprint density at radius 2 is 2.11 bits per heavy atom. The number of carboxylic acids is 1. The monoisotopic (exact) mass is 283 g/mol. The van der Waals surface area contributed by atoms with Gasteiger partial charge in [-0.3, -0.25) is 0 Å². The van der Waals surface area contributed by atoms with Crippen molar-refractivity contribution in [2.24, 2.45) is 0 Å². The number of aromatic nitrogens is 2. The molecule has 2 atom stereocenters. The SMILES string of the molecule is O=C(O)C1CC(O)CN1c1nnc(C(F)(F)F)s1. The quantitative estimate of drug-likeness (QED) is 0.825. The van der Waals surface area contributed by atoms with Gasteiger partial charge in [-0.2, -0.15) is 13.2 Å². The molecule has 100 valence electrons. The minimum atomic E-state index is -4.60. The second-order valence-corrected chi connectivity index (χ2v) is 4.74. The fourth-order valence-corrected chi connectivity index (χ4v) is 2.48. The van der Waals surface area contributed by atoms with Crippen LogP contribution in [0.4, 0.5) is 18.3 Å². The van der Waals surface area contributed by atoms with Crippen LogP contribution in [0.5, 0.6) is 0 Å². The van der Waals surface area contributed by atoms with Crippen LogP contribution < -0.4 is 4.90 Å². The summed E-state index contributed by atoms with van der Waals surface area (Å²) in [6.45, 7) is -0.0660. The van der Waals surface area contributed by atoms with Gasteiger partial charge in [0.25, 0.3) is 0 Å². The van der Waals surface area contributed by atoms with Crippen molar-refractivity contribution in [1.82, 2.24) is 10.2 Å². The molecule has 0 aliphatic carbocycles. The largest absolute Gasteiger partial charge is 0.480 e. The maximum absolute atomic E-state index is 12.3. The van der Waals surface area contributed by atoms with E-state index >= 15 is 0 Å². The second kappa shape index (κ2) is 4.35. The van der Waals surface area contributed by atoms with Crippen LogP contribution in [-0.2, 0) is 11.0 Å². The molecule has 2 heterocycles. The minimum absolute atomic E-state index is 0.0454. The van der Waals surface area contributed by atoms with Crippen molar-refractivity contribution < 1.29 is 28.2 Å². The van der Waals surface area contributed by atoms with E-state index in [-0.39, 0.29) is 29.4 Å². The number of alkyl halides is 3. The average molecular weight is 283 g/mol. The molecule has 1 aliphatic rings. The number of anilines is 1. The van der Waals surface area contributed by atoms with Crippen molar-refractivity contribution in [3.63, 3.8) is 0 Å². The molecular weight excluding hydrogens is 275 g/mol. The van der Waals surface area contributed by atoms with Crippen LogP contribution in [0.2, 0.25) is 0 Å². The molecule has 0 radical (unpaired) electrons. The Bertz CT molecular complexity index is 464. The van der Waals surface area contributed by atoms with E-state index in [0.717, 1.165) is 4.90 Å². The summed E-state index contributed by atoms with van der Waals surface area (Å²) in [4.78, 5) is 12.0. The van der Waals surface area contributed by atoms with E-state index in [9.17, 15) is 23.1 Å². The first-order chi connectivity index (χ1) is 8.29. The predicted octanol–water partition coefficient (Wildman–Crippen LogP) is 0.581. The molecule has 1 saturated heterocycles. The highest BCUT2D eigenvalue weighted by Crippen LogP contribution is 2.36. The number of aliphatic carboxylic acids is 1. The van der Waals surface area contributed by atoms with Crippen LogP contribution in [-0.4, -0.2) is 45.1 Å². The first-order valence-corrected chi connectivity index (χ1v) is 5.69. The molecule has 0 amide bonds. The molecule has 1 aromatic heterocycles. The van der Waals surface area contributed by atoms with Gasteiger partial charge in [0.15, 0.2) is 0 Å². The molecule has 0 bridgehead atoms. The Kier molecular flexibility index (Phi) is 3.15. The van der Waals surface area contributed by atoms with Crippen molar-refractivity contribution in [2.45, 2.75) is 24.7 Å². The Morgan fingerprint density at radius 3 is 2.61 bits per heavy atom. The van der Waals surface area contributed by atoms with Crippen LogP contribution in [0.15, 0.2) is 0 Å². The maximum Gasteiger partial charge on any atom is 0.445 e. The lowest BCUT2D eigenvalue weighted by atomic mass is 10.2. The summed E-state index contributed by atoms with van der Waals surface area (Å²) in [6.07, 6.45) is -5.55. The van der Waals surface area contributed by atoms with Crippen LogP contribution in [0.3, 0.4) is 0 Å². The molecule has 1 fully saturated rings. The number of halogens is 3. The predicted molar refractivity (Wildman–Crippen MR) is 54.3 cm³/mol. The van der Waals surface area contributed by atoms with Gasteiger partial charge in [0, 0.05) is 13.0 Å². The highest BCUT2D eigenvalue weighted by atomic mass is 32.1. The van der Waals surface area contributed by atoms with E-state index in [4.69, 9.17) is 5.11 Å². The Labute approximate surface area is 103 Å². The summed E-state index contributed by atoms with van der Waals surface area (Å²) in [7, 11) is 0. The van der Waals surface area contributed by atoms with Crippen molar-refractivity contribution in [2.75, 3.05) is 11.4 Å². The number of nitrogens with zero attached hydrogens (tertiary/aromatic N) is 3. The van der Waals surface area contributed by atoms with E-state index in [1.165, 1.54) is 0 Å². The number of rotatable bonds is 2. The number of aliphatic hydroxyl groups excluding tert-OH is 1. The highest BCUT2D eigenvalue weighted by molar-refractivity contribution is 7.15. The Balaban J connectivity index is 2.25. The molecule has 10 heteroatoms. The maximum atomic E-state index is 12.3. The van der Waals surface area contributed by atoms with E-state index in [0.29, 0.717) is 0 Å². The normalized spacial score (nSPS) is 24.6. The molecule has 0 aromatic carbocycles. The second-order valence-electron chi connectivity index (χ2n) is 3.78. The molecular formula is C8H8F3N3O3S. The van der Waals surface area contributed by atoms with Gasteiger partial charge in [-0.1, -0.05) is 11.3 Å². The lowest BCUT2D eigenvalue weighted by Gasteiger charge is -2.18. The summed E-state index contributed by atoms with van der Waals surface area (Å²) < 4.78 is 37.0. The first kappa shape index (κ1) is 13.0. The highest BCUT2D eigenvalue weighted by Gasteiger charge is 2.41. The van der Waals surface area contributed by atoms with Gasteiger partial charge in [0.1, 0.15) is 6.04 Å². The lowest BCUT2D eigenvalue weighted by Crippen LogP contribution is -2.35. The zero-order valence-corrected chi connectivity index (χ0v) is 9.57. The lowest BCUT2D eigenvalue weighted by molar-refractivity contribution is -0.139. The first-order valence-electron chi connectivity index (χ1n) is 4.87. The standard InChI is InChI=1S/C8H8F3N3O3S/c9-8(10,11)6-12-13-7(18-6)14-2-3(15)1-4(14)5(16)17/h3-4,15H,1-2H2,(H,16,17). The number of carboxylic acid groups (broad SMARTS) is 1. The van der Waals surface area contributed by atoms with Crippen molar-refractivity contribution >= 4 is 22.4 Å². The van der Waals surface area contributed by atoms with E-state index in [1.807, 2.05) is 0 Å². The third-order valence-corrected chi connectivity index (χ3v) is 3.47.